The van der Waals surface area contributed by atoms with Gasteiger partial charge < -0.3 is 17.7 Å². The average molecular weight is 368 g/mol. The number of para-hydroxylation sites is 1. The molecule has 0 saturated carbocycles. The van der Waals surface area contributed by atoms with Gasteiger partial charge in [-0.15, -0.1) is 6.07 Å². The average Bonchev–Trinajstić information content (AvgIpc) is 2.48. The smallest absolute Gasteiger partial charge is 0.140 e. The molecule has 21 heavy (non-hydrogen) atoms. The first-order valence-electron chi connectivity index (χ1n) is 6.27. The van der Waals surface area contributed by atoms with Crippen LogP contribution in [-0.4, -0.2) is 9.97 Å². The predicted molar refractivity (Wildman–Crippen MR) is 81.2 cm³/mol. The Hall–Kier alpha value is -1.09. The standard InChI is InChI=1S/C17H11ClN2.Y/c18-17-14-10-4-5-11-15(14)19-16(20-17)12-6-9-13-7-2-1-3-8-13;/h1-5,7,9-11H,12H2;/q-2;. The molecule has 0 aliphatic carbocycles. The van der Waals surface area contributed by atoms with E-state index in [9.17, 15) is 0 Å². The van der Waals surface area contributed by atoms with E-state index in [1.54, 1.807) is 0 Å². The number of nitrogens with zero attached hydrogens (tertiary/aromatic N) is 2. The molecule has 0 N–H and O–H groups in total. The van der Waals surface area contributed by atoms with E-state index in [2.05, 4.69) is 22.1 Å². The number of benzene rings is 2. The van der Waals surface area contributed by atoms with Crippen LogP contribution in [0.1, 0.15) is 11.4 Å². The minimum Gasteiger partial charge on any atom is -0.319 e. The Labute approximate surface area is 154 Å². The molecule has 1 heterocycles. The SMILES string of the molecule is Clc1nc(C[C-]=Cc2[c-]cccc2)nc2ccccc12.[Y]. The van der Waals surface area contributed by atoms with E-state index in [1.165, 1.54) is 0 Å². The number of allylic oxidation sites excluding steroid dienone is 1. The molecular formula is C17H11ClN2Y-2. The molecular weight excluding hydrogens is 357 g/mol. The summed E-state index contributed by atoms with van der Waals surface area (Å²) in [7, 11) is 0. The van der Waals surface area contributed by atoms with E-state index >= 15 is 0 Å². The molecule has 0 fully saturated rings. The molecule has 3 aromatic rings. The zero-order chi connectivity index (χ0) is 13.8. The molecule has 0 aliphatic rings. The maximum atomic E-state index is 6.16. The fourth-order valence-corrected chi connectivity index (χ4v) is 2.17. The summed E-state index contributed by atoms with van der Waals surface area (Å²) in [4.78, 5) is 8.77. The van der Waals surface area contributed by atoms with Crippen molar-refractivity contribution in [3.63, 3.8) is 0 Å². The van der Waals surface area contributed by atoms with Crippen LogP contribution in [0.2, 0.25) is 5.15 Å². The van der Waals surface area contributed by atoms with Crippen molar-refractivity contribution in [1.82, 2.24) is 9.97 Å². The van der Waals surface area contributed by atoms with Gasteiger partial charge in [0.2, 0.25) is 0 Å². The van der Waals surface area contributed by atoms with Crippen molar-refractivity contribution in [1.29, 1.82) is 0 Å². The van der Waals surface area contributed by atoms with Crippen LogP contribution in [0, 0.1) is 12.1 Å². The number of halogens is 1. The fraction of sp³-hybridized carbons (Fsp3) is 0.0588. The molecule has 101 valence electrons. The van der Waals surface area contributed by atoms with Gasteiger partial charge in [0.25, 0.3) is 0 Å². The molecule has 0 saturated heterocycles. The van der Waals surface area contributed by atoms with Gasteiger partial charge in [0.05, 0.1) is 5.52 Å². The Morgan fingerprint density at radius 2 is 1.90 bits per heavy atom. The largest absolute Gasteiger partial charge is 0.319 e. The molecule has 0 spiro atoms. The topological polar surface area (TPSA) is 25.8 Å². The van der Waals surface area contributed by atoms with Gasteiger partial charge >= 0.3 is 0 Å². The molecule has 1 aromatic heterocycles. The van der Waals surface area contributed by atoms with Crippen molar-refractivity contribution in [3.8, 4) is 0 Å². The van der Waals surface area contributed by atoms with Crippen molar-refractivity contribution < 1.29 is 32.7 Å². The van der Waals surface area contributed by atoms with Gasteiger partial charge in [0, 0.05) is 38.1 Å². The molecule has 2 aromatic carbocycles. The third-order valence-corrected chi connectivity index (χ3v) is 3.14. The summed E-state index contributed by atoms with van der Waals surface area (Å²) < 4.78 is 0. The summed E-state index contributed by atoms with van der Waals surface area (Å²) in [6, 6.07) is 18.6. The minimum absolute atomic E-state index is 0. The molecule has 0 atom stereocenters. The molecule has 0 unspecified atom stereocenters. The quantitative estimate of drug-likeness (QED) is 0.513. The number of aromatic nitrogens is 2. The van der Waals surface area contributed by atoms with Crippen LogP contribution in [-0.2, 0) is 39.1 Å². The fourth-order valence-electron chi connectivity index (χ4n) is 1.91. The Morgan fingerprint density at radius 3 is 2.71 bits per heavy atom. The van der Waals surface area contributed by atoms with E-state index < -0.39 is 0 Å². The Balaban J connectivity index is 0.00000161. The molecule has 0 aliphatic heterocycles. The first kappa shape index (κ1) is 16.3. The van der Waals surface area contributed by atoms with Crippen molar-refractivity contribution in [2.75, 3.05) is 0 Å². The Morgan fingerprint density at radius 1 is 1.10 bits per heavy atom. The van der Waals surface area contributed by atoms with Crippen LogP contribution in [0.25, 0.3) is 17.0 Å². The number of fused-ring (bicyclic) bond motifs is 1. The molecule has 4 heteroatoms. The number of rotatable bonds is 3. The van der Waals surface area contributed by atoms with Gasteiger partial charge in [0.15, 0.2) is 0 Å². The minimum atomic E-state index is 0. The molecule has 2 nitrogen and oxygen atoms in total. The van der Waals surface area contributed by atoms with Crippen molar-refractivity contribution in [3.05, 3.63) is 77.2 Å². The van der Waals surface area contributed by atoms with Crippen LogP contribution in [0.15, 0.2) is 48.5 Å². The van der Waals surface area contributed by atoms with Gasteiger partial charge in [-0.1, -0.05) is 30.2 Å². The van der Waals surface area contributed by atoms with E-state index in [0.29, 0.717) is 17.4 Å². The Kier molecular flexibility index (Phi) is 6.04. The van der Waals surface area contributed by atoms with E-state index in [-0.39, 0.29) is 32.7 Å². The van der Waals surface area contributed by atoms with Crippen LogP contribution in [0.3, 0.4) is 0 Å². The van der Waals surface area contributed by atoms with Crippen LogP contribution in [0.4, 0.5) is 0 Å². The van der Waals surface area contributed by atoms with Crippen molar-refractivity contribution in [2.45, 2.75) is 6.42 Å². The van der Waals surface area contributed by atoms with Crippen molar-refractivity contribution >= 4 is 28.6 Å². The molecule has 1 radical (unpaired) electrons. The maximum absolute atomic E-state index is 6.16. The summed E-state index contributed by atoms with van der Waals surface area (Å²) >= 11 is 6.16. The zero-order valence-corrected chi connectivity index (χ0v) is 14.8. The maximum Gasteiger partial charge on any atom is 0.140 e. The second-order valence-corrected chi connectivity index (χ2v) is 4.65. The normalized spacial score (nSPS) is 10.7. The van der Waals surface area contributed by atoms with Crippen LogP contribution >= 0.6 is 11.6 Å². The predicted octanol–water partition coefficient (Wildman–Crippen LogP) is 4.14. The monoisotopic (exact) mass is 367 g/mol. The number of hydrogen-bond donors (Lipinski definition) is 0. The van der Waals surface area contributed by atoms with Crippen LogP contribution in [0.5, 0.6) is 0 Å². The zero-order valence-electron chi connectivity index (χ0n) is 11.3. The summed E-state index contributed by atoms with van der Waals surface area (Å²) in [5, 5.41) is 1.36. The van der Waals surface area contributed by atoms with E-state index in [0.717, 1.165) is 16.5 Å². The van der Waals surface area contributed by atoms with E-state index in [1.807, 2.05) is 54.6 Å². The van der Waals surface area contributed by atoms with Crippen LogP contribution < -0.4 is 0 Å². The van der Waals surface area contributed by atoms with E-state index in [4.69, 9.17) is 11.6 Å². The summed E-state index contributed by atoms with van der Waals surface area (Å²) in [6.45, 7) is 0. The number of hydrogen-bond acceptors (Lipinski definition) is 2. The third-order valence-electron chi connectivity index (χ3n) is 2.85. The van der Waals surface area contributed by atoms with Gasteiger partial charge in [-0.25, -0.2) is 22.1 Å². The van der Waals surface area contributed by atoms with Gasteiger partial charge in [0.1, 0.15) is 11.0 Å². The summed E-state index contributed by atoms with van der Waals surface area (Å²) in [6.07, 6.45) is 5.57. The van der Waals surface area contributed by atoms with Gasteiger partial charge in [-0.2, -0.15) is 12.1 Å². The molecule has 0 bridgehead atoms. The molecule has 0 amide bonds. The van der Waals surface area contributed by atoms with Gasteiger partial charge in [-0.05, 0) is 12.1 Å². The Bertz CT molecular complexity index is 757. The first-order chi connectivity index (χ1) is 9.83. The van der Waals surface area contributed by atoms with Gasteiger partial charge in [-0.3, -0.25) is 0 Å². The first-order valence-corrected chi connectivity index (χ1v) is 6.65. The molecule has 3 rings (SSSR count). The summed E-state index contributed by atoms with van der Waals surface area (Å²) in [5.74, 6) is 0.667. The van der Waals surface area contributed by atoms with Crippen molar-refractivity contribution in [2.24, 2.45) is 0 Å². The second kappa shape index (κ2) is 7.79. The summed E-state index contributed by atoms with van der Waals surface area (Å²) in [5.41, 5.74) is 1.84. The second-order valence-electron chi connectivity index (χ2n) is 4.29. The third kappa shape index (κ3) is 4.20.